The van der Waals surface area contributed by atoms with E-state index in [0.29, 0.717) is 19.6 Å². The van der Waals surface area contributed by atoms with E-state index in [1.54, 1.807) is 19.2 Å². The topological polar surface area (TPSA) is 53.1 Å². The highest BCUT2D eigenvalue weighted by molar-refractivity contribution is 6.08. The molecule has 0 saturated carbocycles. The van der Waals surface area contributed by atoms with Gasteiger partial charge in [-0.1, -0.05) is 72.8 Å². The number of benzene rings is 3. The van der Waals surface area contributed by atoms with Crippen LogP contribution in [0.5, 0.6) is 0 Å². The van der Waals surface area contributed by atoms with Crippen molar-refractivity contribution in [1.82, 2.24) is 14.7 Å². The summed E-state index contributed by atoms with van der Waals surface area (Å²) in [5, 5.41) is 0. The maximum Gasteiger partial charge on any atom is 0.328 e. The molecule has 3 fully saturated rings. The van der Waals surface area contributed by atoms with Crippen molar-refractivity contribution in [2.75, 3.05) is 33.4 Å². The number of carbonyl (C=O) groups excluding carboxylic acids is 2. The van der Waals surface area contributed by atoms with Gasteiger partial charge in [-0.15, -0.1) is 0 Å². The Bertz CT molecular complexity index is 1290. The molecule has 0 aliphatic carbocycles. The number of amides is 3. The minimum atomic E-state index is -0.987. The standard InChI is InChI=1S/C30H30FN3O3/c1-37-17-16-33-28(35)30-20-32(18-21-8-4-2-5-9-21)19-25(30)26(22-10-6-3-7-11-22)27(34(30)29(33)36)23-12-14-24(31)15-13-23/h2-15,25-27H,16-20H2,1H3/t25-,26-,27-,30-/m1/s1. The predicted octanol–water partition coefficient (Wildman–Crippen LogP) is 4.45. The van der Waals surface area contributed by atoms with Crippen LogP contribution in [0, 0.1) is 11.7 Å². The molecule has 190 valence electrons. The smallest absolute Gasteiger partial charge is 0.328 e. The Hall–Kier alpha value is -3.55. The highest BCUT2D eigenvalue weighted by Crippen LogP contribution is 2.61. The second-order valence-electron chi connectivity index (χ2n) is 10.2. The average molecular weight is 500 g/mol. The Kier molecular flexibility index (Phi) is 6.05. The molecule has 0 bridgehead atoms. The van der Waals surface area contributed by atoms with E-state index in [1.165, 1.54) is 22.6 Å². The summed E-state index contributed by atoms with van der Waals surface area (Å²) in [6.45, 7) is 2.34. The van der Waals surface area contributed by atoms with Crippen LogP contribution in [0.25, 0.3) is 0 Å². The van der Waals surface area contributed by atoms with E-state index in [2.05, 4.69) is 29.2 Å². The molecule has 3 saturated heterocycles. The van der Waals surface area contributed by atoms with Crippen LogP contribution in [0.4, 0.5) is 9.18 Å². The monoisotopic (exact) mass is 499 g/mol. The second kappa shape index (κ2) is 9.39. The zero-order valence-corrected chi connectivity index (χ0v) is 20.8. The summed E-state index contributed by atoms with van der Waals surface area (Å²) in [4.78, 5) is 33.7. The first kappa shape index (κ1) is 23.8. The SMILES string of the molecule is COCCN1C(=O)N2[C@H](c3ccc(F)cc3)[C@H](c3ccccc3)[C@H]3CN(Cc4ccccc4)C[C@]32C1=O. The van der Waals surface area contributed by atoms with E-state index in [9.17, 15) is 14.0 Å². The highest BCUT2D eigenvalue weighted by Gasteiger charge is 2.73. The zero-order chi connectivity index (χ0) is 25.6. The lowest BCUT2D eigenvalue weighted by Crippen LogP contribution is -2.51. The molecule has 3 aromatic rings. The van der Waals surface area contributed by atoms with E-state index in [4.69, 9.17) is 4.74 Å². The van der Waals surface area contributed by atoms with Crippen LogP contribution in [-0.4, -0.2) is 65.5 Å². The number of methoxy groups -OCH3 is 1. The lowest BCUT2D eigenvalue weighted by molar-refractivity contribution is -0.133. The maximum absolute atomic E-state index is 14.2. The molecule has 6 rings (SSSR count). The van der Waals surface area contributed by atoms with Gasteiger partial charge in [-0.05, 0) is 28.8 Å². The summed E-state index contributed by atoms with van der Waals surface area (Å²) < 4.78 is 19.2. The van der Waals surface area contributed by atoms with Gasteiger partial charge in [-0.2, -0.15) is 0 Å². The average Bonchev–Trinajstić information content (AvgIpc) is 3.48. The van der Waals surface area contributed by atoms with Crippen molar-refractivity contribution in [1.29, 1.82) is 0 Å². The molecule has 3 aliphatic heterocycles. The number of imide groups is 1. The van der Waals surface area contributed by atoms with Gasteiger partial charge in [0, 0.05) is 38.6 Å². The molecule has 3 aromatic carbocycles. The van der Waals surface area contributed by atoms with E-state index >= 15 is 0 Å². The summed E-state index contributed by atoms with van der Waals surface area (Å²) in [6, 6.07) is 26.0. The van der Waals surface area contributed by atoms with Gasteiger partial charge in [0.1, 0.15) is 11.4 Å². The minimum Gasteiger partial charge on any atom is -0.383 e. The molecule has 0 aromatic heterocycles. The fourth-order valence-corrected chi connectivity index (χ4v) is 6.76. The number of ether oxygens (including phenoxy) is 1. The van der Waals surface area contributed by atoms with Gasteiger partial charge in [0.2, 0.25) is 0 Å². The summed E-state index contributed by atoms with van der Waals surface area (Å²) in [7, 11) is 1.57. The fraction of sp³-hybridized carbons (Fsp3) is 0.333. The summed E-state index contributed by atoms with van der Waals surface area (Å²) in [5.41, 5.74) is 2.11. The zero-order valence-electron chi connectivity index (χ0n) is 20.8. The molecule has 7 heteroatoms. The van der Waals surface area contributed by atoms with Gasteiger partial charge < -0.3 is 9.64 Å². The molecule has 1 spiro atoms. The van der Waals surface area contributed by atoms with E-state index in [0.717, 1.165) is 11.1 Å². The van der Waals surface area contributed by atoms with Crippen LogP contribution in [-0.2, 0) is 16.1 Å². The van der Waals surface area contributed by atoms with Crippen molar-refractivity contribution in [2.24, 2.45) is 5.92 Å². The summed E-state index contributed by atoms with van der Waals surface area (Å²) in [5.74, 6) is -0.698. The number of hydrogen-bond donors (Lipinski definition) is 0. The van der Waals surface area contributed by atoms with Crippen molar-refractivity contribution in [3.05, 3.63) is 107 Å². The van der Waals surface area contributed by atoms with Crippen molar-refractivity contribution < 1.29 is 18.7 Å². The van der Waals surface area contributed by atoms with Crippen molar-refractivity contribution >= 4 is 11.9 Å². The highest BCUT2D eigenvalue weighted by atomic mass is 19.1. The molecule has 3 aliphatic rings. The number of nitrogens with zero attached hydrogens (tertiary/aromatic N) is 3. The minimum absolute atomic E-state index is 0.107. The largest absolute Gasteiger partial charge is 0.383 e. The van der Waals surface area contributed by atoms with E-state index < -0.39 is 5.54 Å². The Labute approximate surface area is 216 Å². The first-order valence-corrected chi connectivity index (χ1v) is 12.8. The third-order valence-electron chi connectivity index (χ3n) is 8.23. The first-order chi connectivity index (χ1) is 18.0. The molecule has 3 amide bonds. The maximum atomic E-state index is 14.2. The van der Waals surface area contributed by atoms with Gasteiger partial charge >= 0.3 is 6.03 Å². The Morgan fingerprint density at radius 1 is 0.919 bits per heavy atom. The van der Waals surface area contributed by atoms with Crippen molar-refractivity contribution in [3.8, 4) is 0 Å². The van der Waals surface area contributed by atoms with Gasteiger partial charge in [0.15, 0.2) is 0 Å². The molecule has 0 N–H and O–H groups in total. The van der Waals surface area contributed by atoms with Gasteiger partial charge in [0.05, 0.1) is 19.2 Å². The molecule has 6 nitrogen and oxygen atoms in total. The van der Waals surface area contributed by atoms with Gasteiger partial charge in [-0.3, -0.25) is 14.6 Å². The second-order valence-corrected chi connectivity index (χ2v) is 10.2. The number of hydrogen-bond acceptors (Lipinski definition) is 4. The first-order valence-electron chi connectivity index (χ1n) is 12.8. The Balaban J connectivity index is 1.48. The lowest BCUT2D eigenvalue weighted by Gasteiger charge is -2.33. The van der Waals surface area contributed by atoms with E-state index in [-0.39, 0.29) is 48.8 Å². The van der Waals surface area contributed by atoms with Gasteiger partial charge in [0.25, 0.3) is 5.91 Å². The normalized spacial score (nSPS) is 27.1. The molecule has 4 atom stereocenters. The summed E-state index contributed by atoms with van der Waals surface area (Å²) in [6.07, 6.45) is 0. The summed E-state index contributed by atoms with van der Waals surface area (Å²) >= 11 is 0. The number of halogens is 1. The number of rotatable bonds is 7. The third kappa shape index (κ3) is 3.76. The lowest BCUT2D eigenvalue weighted by atomic mass is 9.76. The molecule has 37 heavy (non-hydrogen) atoms. The Morgan fingerprint density at radius 3 is 2.27 bits per heavy atom. The van der Waals surface area contributed by atoms with Gasteiger partial charge in [-0.25, -0.2) is 9.18 Å². The van der Waals surface area contributed by atoms with Crippen LogP contribution in [0.3, 0.4) is 0 Å². The van der Waals surface area contributed by atoms with Crippen LogP contribution in [0.1, 0.15) is 28.7 Å². The molecule has 0 radical (unpaired) electrons. The van der Waals surface area contributed by atoms with Crippen LogP contribution < -0.4 is 0 Å². The quantitative estimate of drug-likeness (QED) is 0.451. The molecular weight excluding hydrogens is 469 g/mol. The van der Waals surface area contributed by atoms with Crippen molar-refractivity contribution in [3.63, 3.8) is 0 Å². The number of carbonyl (C=O) groups is 2. The van der Waals surface area contributed by atoms with Crippen LogP contribution in [0.15, 0.2) is 84.9 Å². The van der Waals surface area contributed by atoms with Crippen LogP contribution in [0.2, 0.25) is 0 Å². The molecular formula is C30H30FN3O3. The van der Waals surface area contributed by atoms with E-state index in [1.807, 2.05) is 41.3 Å². The molecule has 3 heterocycles. The van der Waals surface area contributed by atoms with Crippen LogP contribution >= 0.6 is 0 Å². The Morgan fingerprint density at radius 2 is 1.59 bits per heavy atom. The fourth-order valence-electron chi connectivity index (χ4n) is 6.76. The number of likely N-dealkylation sites (tertiary alicyclic amines) is 1. The molecule has 0 unspecified atom stereocenters. The number of urea groups is 1. The predicted molar refractivity (Wildman–Crippen MR) is 137 cm³/mol. The third-order valence-corrected chi connectivity index (χ3v) is 8.23. The van der Waals surface area contributed by atoms with Crippen molar-refractivity contribution in [2.45, 2.75) is 24.0 Å².